The zero-order valence-electron chi connectivity index (χ0n) is 8.29. The fourth-order valence-corrected chi connectivity index (χ4v) is 1.79. The third-order valence-corrected chi connectivity index (χ3v) is 2.71. The van der Waals surface area contributed by atoms with Crippen molar-refractivity contribution in [3.63, 3.8) is 0 Å². The SMILES string of the molecule is COc1ccc(C(C)CON)cc1Br. The van der Waals surface area contributed by atoms with Crippen LogP contribution in [0.1, 0.15) is 18.4 Å². The van der Waals surface area contributed by atoms with Crippen LogP contribution in [0.2, 0.25) is 0 Å². The molecule has 0 radical (unpaired) electrons. The number of hydrogen-bond donors (Lipinski definition) is 1. The van der Waals surface area contributed by atoms with Crippen molar-refractivity contribution in [3.8, 4) is 5.75 Å². The maximum atomic E-state index is 5.14. The molecule has 0 amide bonds. The van der Waals surface area contributed by atoms with Gasteiger partial charge in [0.1, 0.15) is 5.75 Å². The van der Waals surface area contributed by atoms with E-state index in [0.29, 0.717) is 6.61 Å². The van der Waals surface area contributed by atoms with Crippen LogP contribution in [-0.2, 0) is 4.84 Å². The van der Waals surface area contributed by atoms with Crippen LogP contribution in [0.15, 0.2) is 22.7 Å². The Kier molecular flexibility index (Phi) is 4.38. The molecule has 1 aromatic carbocycles. The molecule has 1 aromatic rings. The molecule has 0 aliphatic carbocycles. The van der Waals surface area contributed by atoms with Crippen LogP contribution in [0, 0.1) is 0 Å². The normalized spacial score (nSPS) is 12.6. The Labute approximate surface area is 92.3 Å². The fourth-order valence-electron chi connectivity index (χ4n) is 1.23. The van der Waals surface area contributed by atoms with Gasteiger partial charge < -0.3 is 9.57 Å². The van der Waals surface area contributed by atoms with Gasteiger partial charge in [-0.05, 0) is 33.6 Å². The molecule has 3 nitrogen and oxygen atoms in total. The Morgan fingerprint density at radius 3 is 2.71 bits per heavy atom. The van der Waals surface area contributed by atoms with Gasteiger partial charge in [0.2, 0.25) is 0 Å². The van der Waals surface area contributed by atoms with Crippen LogP contribution in [0.3, 0.4) is 0 Å². The first-order valence-electron chi connectivity index (χ1n) is 4.34. The first-order chi connectivity index (χ1) is 6.69. The van der Waals surface area contributed by atoms with E-state index >= 15 is 0 Å². The Morgan fingerprint density at radius 2 is 2.21 bits per heavy atom. The molecule has 1 rings (SSSR count). The second-order valence-corrected chi connectivity index (χ2v) is 3.98. The summed E-state index contributed by atoms with van der Waals surface area (Å²) < 4.78 is 6.08. The summed E-state index contributed by atoms with van der Waals surface area (Å²) in [5, 5.41) is 0. The van der Waals surface area contributed by atoms with Gasteiger partial charge in [0.25, 0.3) is 0 Å². The average Bonchev–Trinajstić information content (AvgIpc) is 2.18. The van der Waals surface area contributed by atoms with Crippen LogP contribution >= 0.6 is 15.9 Å². The summed E-state index contributed by atoms with van der Waals surface area (Å²) in [6, 6.07) is 5.95. The van der Waals surface area contributed by atoms with Gasteiger partial charge in [0.15, 0.2) is 0 Å². The Hall–Kier alpha value is -0.580. The number of rotatable bonds is 4. The summed E-state index contributed by atoms with van der Waals surface area (Å²) in [7, 11) is 1.65. The lowest BCUT2D eigenvalue weighted by molar-refractivity contribution is 0.126. The van der Waals surface area contributed by atoms with E-state index in [-0.39, 0.29) is 5.92 Å². The van der Waals surface area contributed by atoms with Crippen molar-refractivity contribution in [3.05, 3.63) is 28.2 Å². The van der Waals surface area contributed by atoms with Gasteiger partial charge in [0, 0.05) is 5.92 Å². The number of benzene rings is 1. The molecule has 0 saturated carbocycles. The molecule has 0 aliphatic heterocycles. The summed E-state index contributed by atoms with van der Waals surface area (Å²) in [6.45, 7) is 2.57. The molecule has 1 atom stereocenters. The monoisotopic (exact) mass is 259 g/mol. The minimum Gasteiger partial charge on any atom is -0.496 e. The molecule has 0 aromatic heterocycles. The number of nitrogens with two attached hydrogens (primary N) is 1. The van der Waals surface area contributed by atoms with E-state index in [0.717, 1.165) is 10.2 Å². The second-order valence-electron chi connectivity index (χ2n) is 3.13. The Bertz CT molecular complexity index is 304. The minimum atomic E-state index is 0.280. The van der Waals surface area contributed by atoms with E-state index < -0.39 is 0 Å². The van der Waals surface area contributed by atoms with Gasteiger partial charge in [0.05, 0.1) is 18.2 Å². The molecule has 2 N–H and O–H groups in total. The summed E-state index contributed by atoms with van der Waals surface area (Å²) in [4.78, 5) is 4.61. The Morgan fingerprint density at radius 1 is 1.50 bits per heavy atom. The standard InChI is InChI=1S/C10H14BrNO2/c1-7(6-14-12)8-3-4-10(13-2)9(11)5-8/h3-5,7H,6,12H2,1-2H3. The van der Waals surface area contributed by atoms with Crippen LogP contribution in [0.5, 0.6) is 5.75 Å². The van der Waals surface area contributed by atoms with Gasteiger partial charge in [-0.2, -0.15) is 0 Å². The Balaban J connectivity index is 2.85. The molecule has 0 spiro atoms. The zero-order valence-corrected chi connectivity index (χ0v) is 9.87. The highest BCUT2D eigenvalue weighted by atomic mass is 79.9. The number of halogens is 1. The van der Waals surface area contributed by atoms with Gasteiger partial charge in [-0.25, -0.2) is 5.90 Å². The zero-order chi connectivity index (χ0) is 10.6. The second kappa shape index (κ2) is 5.34. The third kappa shape index (κ3) is 2.70. The lowest BCUT2D eigenvalue weighted by Crippen LogP contribution is -2.08. The topological polar surface area (TPSA) is 44.5 Å². The van der Waals surface area contributed by atoms with E-state index in [2.05, 4.69) is 27.7 Å². The summed E-state index contributed by atoms with van der Waals surface area (Å²) >= 11 is 3.43. The summed E-state index contributed by atoms with van der Waals surface area (Å²) in [5.74, 6) is 6.13. The number of ether oxygens (including phenoxy) is 1. The molecule has 0 fully saturated rings. The molecule has 78 valence electrons. The summed E-state index contributed by atoms with van der Waals surface area (Å²) in [5.41, 5.74) is 1.17. The first-order valence-corrected chi connectivity index (χ1v) is 5.13. The lowest BCUT2D eigenvalue weighted by atomic mass is 10.0. The molecule has 0 bridgehead atoms. The molecule has 0 aliphatic rings. The third-order valence-electron chi connectivity index (χ3n) is 2.09. The summed E-state index contributed by atoms with van der Waals surface area (Å²) in [6.07, 6.45) is 0. The van der Waals surface area contributed by atoms with Crippen molar-refractivity contribution in [2.24, 2.45) is 5.90 Å². The van der Waals surface area contributed by atoms with Crippen molar-refractivity contribution in [2.45, 2.75) is 12.8 Å². The van der Waals surface area contributed by atoms with Crippen LogP contribution < -0.4 is 10.6 Å². The average molecular weight is 260 g/mol. The van der Waals surface area contributed by atoms with Crippen molar-refractivity contribution in [1.82, 2.24) is 0 Å². The molecule has 4 heteroatoms. The highest BCUT2D eigenvalue weighted by Gasteiger charge is 2.08. The minimum absolute atomic E-state index is 0.280. The first kappa shape index (κ1) is 11.5. The van der Waals surface area contributed by atoms with E-state index in [1.54, 1.807) is 7.11 Å². The molecule has 14 heavy (non-hydrogen) atoms. The number of hydrogen-bond acceptors (Lipinski definition) is 3. The highest BCUT2D eigenvalue weighted by Crippen LogP contribution is 2.28. The van der Waals surface area contributed by atoms with Crippen molar-refractivity contribution in [2.75, 3.05) is 13.7 Å². The number of methoxy groups -OCH3 is 1. The fraction of sp³-hybridized carbons (Fsp3) is 0.400. The molecular weight excluding hydrogens is 246 g/mol. The molecule has 0 heterocycles. The van der Waals surface area contributed by atoms with Gasteiger partial charge in [-0.1, -0.05) is 13.0 Å². The van der Waals surface area contributed by atoms with E-state index in [1.807, 2.05) is 18.2 Å². The van der Waals surface area contributed by atoms with E-state index in [9.17, 15) is 0 Å². The molecule has 0 saturated heterocycles. The quantitative estimate of drug-likeness (QED) is 0.846. The maximum Gasteiger partial charge on any atom is 0.133 e. The van der Waals surface area contributed by atoms with Gasteiger partial charge in [-0.15, -0.1) is 0 Å². The smallest absolute Gasteiger partial charge is 0.133 e. The van der Waals surface area contributed by atoms with Gasteiger partial charge >= 0.3 is 0 Å². The van der Waals surface area contributed by atoms with Crippen molar-refractivity contribution in [1.29, 1.82) is 0 Å². The van der Waals surface area contributed by atoms with Crippen LogP contribution in [0.4, 0.5) is 0 Å². The predicted molar refractivity (Wildman–Crippen MR) is 59.2 cm³/mol. The highest BCUT2D eigenvalue weighted by molar-refractivity contribution is 9.10. The largest absolute Gasteiger partial charge is 0.496 e. The predicted octanol–water partition coefficient (Wildman–Crippen LogP) is 2.45. The maximum absolute atomic E-state index is 5.14. The van der Waals surface area contributed by atoms with Crippen LogP contribution in [0.25, 0.3) is 0 Å². The van der Waals surface area contributed by atoms with Gasteiger partial charge in [-0.3, -0.25) is 0 Å². The van der Waals surface area contributed by atoms with Crippen molar-refractivity contribution >= 4 is 15.9 Å². The van der Waals surface area contributed by atoms with Crippen LogP contribution in [-0.4, -0.2) is 13.7 Å². The molecule has 1 unspecified atom stereocenters. The molecular formula is C10H14BrNO2. The van der Waals surface area contributed by atoms with E-state index in [1.165, 1.54) is 5.56 Å². The lowest BCUT2D eigenvalue weighted by Gasteiger charge is -2.11. The van der Waals surface area contributed by atoms with E-state index in [4.69, 9.17) is 10.6 Å². The van der Waals surface area contributed by atoms with Crippen molar-refractivity contribution < 1.29 is 9.57 Å².